The van der Waals surface area contributed by atoms with Crippen LogP contribution in [0.2, 0.25) is 10.0 Å². The Bertz CT molecular complexity index is 602. The molecule has 2 aromatic rings. The molecule has 1 atom stereocenters. The predicted molar refractivity (Wildman–Crippen MR) is 90.3 cm³/mol. The Morgan fingerprint density at radius 1 is 1.05 bits per heavy atom. The van der Waals surface area contributed by atoms with Crippen molar-refractivity contribution in [1.82, 2.24) is 0 Å². The molecule has 0 aliphatic carbocycles. The first-order valence-electron chi connectivity index (χ1n) is 5.64. The van der Waals surface area contributed by atoms with Crippen LogP contribution in [0.25, 0.3) is 0 Å². The van der Waals surface area contributed by atoms with E-state index >= 15 is 0 Å². The molecule has 0 heterocycles. The number of rotatable bonds is 3. The maximum absolute atomic E-state index is 6.25. The number of anilines is 1. The number of hydrogen-bond acceptors (Lipinski definition) is 1. The summed E-state index contributed by atoms with van der Waals surface area (Å²) in [5.74, 6) is 0. The van der Waals surface area contributed by atoms with Crippen molar-refractivity contribution in [3.8, 4) is 0 Å². The van der Waals surface area contributed by atoms with E-state index < -0.39 is 0 Å². The molecule has 0 aliphatic rings. The molecule has 5 heteroatoms. The third-order valence-electron chi connectivity index (χ3n) is 2.73. The van der Waals surface area contributed by atoms with Gasteiger partial charge in [-0.2, -0.15) is 0 Å². The van der Waals surface area contributed by atoms with E-state index in [1.807, 2.05) is 36.4 Å². The highest BCUT2D eigenvalue weighted by Crippen LogP contribution is 2.32. The molecule has 2 aromatic carbocycles. The fraction of sp³-hybridized carbons (Fsp3) is 0.143. The highest BCUT2D eigenvalue weighted by atomic mass is 79.9. The number of halogens is 4. The Morgan fingerprint density at radius 2 is 1.79 bits per heavy atom. The first kappa shape index (κ1) is 15.2. The third-order valence-corrected chi connectivity index (χ3v) is 4.48. The lowest BCUT2D eigenvalue weighted by atomic mass is 10.1. The van der Waals surface area contributed by atoms with Crippen molar-refractivity contribution in [1.29, 1.82) is 0 Å². The van der Waals surface area contributed by atoms with Crippen LogP contribution < -0.4 is 5.32 Å². The Kier molecular flexibility index (Phi) is 5.18. The Balaban J connectivity index is 2.25. The van der Waals surface area contributed by atoms with Gasteiger partial charge in [0, 0.05) is 19.0 Å². The summed E-state index contributed by atoms with van der Waals surface area (Å²) < 4.78 is 1.94. The van der Waals surface area contributed by atoms with Crippen LogP contribution in [0.3, 0.4) is 0 Å². The molecule has 0 aromatic heterocycles. The Morgan fingerprint density at radius 3 is 2.47 bits per heavy atom. The van der Waals surface area contributed by atoms with Gasteiger partial charge in [-0.3, -0.25) is 0 Å². The fourth-order valence-electron chi connectivity index (χ4n) is 1.77. The van der Waals surface area contributed by atoms with Crippen molar-refractivity contribution in [2.45, 2.75) is 13.0 Å². The quantitative estimate of drug-likeness (QED) is 0.579. The zero-order valence-corrected chi connectivity index (χ0v) is 14.7. The fourth-order valence-corrected chi connectivity index (χ4v) is 3.14. The van der Waals surface area contributed by atoms with E-state index in [2.05, 4.69) is 44.1 Å². The summed E-state index contributed by atoms with van der Waals surface area (Å²) in [7, 11) is 0. The molecule has 1 unspecified atom stereocenters. The van der Waals surface area contributed by atoms with Gasteiger partial charge in [0.15, 0.2) is 0 Å². The highest BCUT2D eigenvalue weighted by Gasteiger charge is 2.11. The number of hydrogen-bond donors (Lipinski definition) is 1. The minimum Gasteiger partial charge on any atom is -0.378 e. The second-order valence-corrected chi connectivity index (χ2v) is 6.77. The molecule has 0 saturated carbocycles. The summed E-state index contributed by atoms with van der Waals surface area (Å²) in [4.78, 5) is 0. The minimum absolute atomic E-state index is 0.0790. The van der Waals surface area contributed by atoms with Gasteiger partial charge in [-0.15, -0.1) is 0 Å². The Labute approximate surface area is 139 Å². The van der Waals surface area contributed by atoms with Gasteiger partial charge in [-0.1, -0.05) is 45.2 Å². The zero-order chi connectivity index (χ0) is 14.0. The van der Waals surface area contributed by atoms with Crippen LogP contribution in [-0.2, 0) is 0 Å². The van der Waals surface area contributed by atoms with Gasteiger partial charge < -0.3 is 5.32 Å². The van der Waals surface area contributed by atoms with Crippen LogP contribution in [-0.4, -0.2) is 0 Å². The van der Waals surface area contributed by atoms with Crippen molar-refractivity contribution in [2.24, 2.45) is 0 Å². The van der Waals surface area contributed by atoms with Gasteiger partial charge in [0.05, 0.1) is 11.7 Å². The smallest absolute Gasteiger partial charge is 0.0504 e. The van der Waals surface area contributed by atoms with Gasteiger partial charge in [0.1, 0.15) is 0 Å². The van der Waals surface area contributed by atoms with Crippen molar-refractivity contribution in [3.63, 3.8) is 0 Å². The molecule has 1 nitrogen and oxygen atoms in total. The van der Waals surface area contributed by atoms with Crippen LogP contribution in [0, 0.1) is 0 Å². The standard InChI is InChI=1S/C14H11Br2Cl2N/c1-8(11-4-2-9(15)6-13(11)18)19-14-7-10(17)3-5-12(14)16/h2-8,19H,1H3. The van der Waals surface area contributed by atoms with Gasteiger partial charge in [-0.05, 0) is 58.7 Å². The molecule has 0 spiro atoms. The summed E-state index contributed by atoms with van der Waals surface area (Å²) in [6, 6.07) is 11.6. The summed E-state index contributed by atoms with van der Waals surface area (Å²) in [5.41, 5.74) is 1.98. The topological polar surface area (TPSA) is 12.0 Å². The van der Waals surface area contributed by atoms with Crippen LogP contribution in [0.4, 0.5) is 5.69 Å². The SMILES string of the molecule is CC(Nc1cc(Cl)ccc1Br)c1ccc(Br)cc1Cl. The second kappa shape index (κ2) is 6.49. The molecule has 0 radical (unpaired) electrons. The molecule has 1 N–H and O–H groups in total. The van der Waals surface area contributed by atoms with Gasteiger partial charge in [0.25, 0.3) is 0 Å². The van der Waals surface area contributed by atoms with E-state index in [9.17, 15) is 0 Å². The lowest BCUT2D eigenvalue weighted by Crippen LogP contribution is -2.07. The summed E-state index contributed by atoms with van der Waals surface area (Å²) in [6.45, 7) is 2.06. The lowest BCUT2D eigenvalue weighted by molar-refractivity contribution is 0.883. The average Bonchev–Trinajstić information content (AvgIpc) is 2.33. The molecule has 0 saturated heterocycles. The minimum atomic E-state index is 0.0790. The van der Waals surface area contributed by atoms with Crippen molar-refractivity contribution < 1.29 is 0 Å². The monoisotopic (exact) mass is 421 g/mol. The molecule has 100 valence electrons. The van der Waals surface area contributed by atoms with Crippen LogP contribution in [0.5, 0.6) is 0 Å². The molecule has 2 rings (SSSR count). The predicted octanol–water partition coefficient (Wildman–Crippen LogP) is 6.69. The van der Waals surface area contributed by atoms with Gasteiger partial charge in [-0.25, -0.2) is 0 Å². The molecular formula is C14H11Br2Cl2N. The zero-order valence-electron chi connectivity index (χ0n) is 10.1. The summed E-state index contributed by atoms with van der Waals surface area (Å²) in [6.07, 6.45) is 0. The number of nitrogens with one attached hydrogen (secondary N) is 1. The van der Waals surface area contributed by atoms with Gasteiger partial charge in [0.2, 0.25) is 0 Å². The molecule has 0 bridgehead atoms. The summed E-state index contributed by atoms with van der Waals surface area (Å²) >= 11 is 19.2. The van der Waals surface area contributed by atoms with E-state index in [1.165, 1.54) is 0 Å². The normalized spacial score (nSPS) is 12.3. The second-order valence-electron chi connectivity index (χ2n) is 4.16. The van der Waals surface area contributed by atoms with E-state index in [-0.39, 0.29) is 6.04 Å². The number of benzene rings is 2. The maximum atomic E-state index is 6.25. The molecule has 0 aliphatic heterocycles. The Hall–Kier alpha value is -0.220. The van der Waals surface area contributed by atoms with E-state index in [0.717, 1.165) is 25.2 Å². The summed E-state index contributed by atoms with van der Waals surface area (Å²) in [5, 5.41) is 4.82. The van der Waals surface area contributed by atoms with Crippen molar-refractivity contribution >= 4 is 60.7 Å². The van der Waals surface area contributed by atoms with Crippen molar-refractivity contribution in [3.05, 3.63) is 61.0 Å². The van der Waals surface area contributed by atoms with Crippen LogP contribution >= 0.6 is 55.1 Å². The largest absolute Gasteiger partial charge is 0.378 e. The van der Waals surface area contributed by atoms with Crippen molar-refractivity contribution in [2.75, 3.05) is 5.32 Å². The maximum Gasteiger partial charge on any atom is 0.0504 e. The van der Waals surface area contributed by atoms with Gasteiger partial charge >= 0.3 is 0 Å². The molecule has 0 fully saturated rings. The molecule has 0 amide bonds. The van der Waals surface area contributed by atoms with E-state index in [0.29, 0.717) is 5.02 Å². The van der Waals surface area contributed by atoms with E-state index in [1.54, 1.807) is 0 Å². The lowest BCUT2D eigenvalue weighted by Gasteiger charge is -2.18. The van der Waals surface area contributed by atoms with Crippen LogP contribution in [0.15, 0.2) is 45.3 Å². The molecular weight excluding hydrogens is 413 g/mol. The first-order valence-corrected chi connectivity index (χ1v) is 7.98. The third kappa shape index (κ3) is 3.88. The molecule has 19 heavy (non-hydrogen) atoms. The average molecular weight is 424 g/mol. The highest BCUT2D eigenvalue weighted by molar-refractivity contribution is 9.10. The first-order chi connectivity index (χ1) is 8.97. The van der Waals surface area contributed by atoms with E-state index in [4.69, 9.17) is 23.2 Å². The van der Waals surface area contributed by atoms with Crippen LogP contribution in [0.1, 0.15) is 18.5 Å².